The van der Waals surface area contributed by atoms with Crippen LogP contribution in [0.5, 0.6) is 0 Å². The number of pyridine rings is 1. The molecule has 8 rings (SSSR count). The number of rotatable bonds is 3. The number of hydrogen-bond acceptors (Lipinski definition) is 1. The summed E-state index contributed by atoms with van der Waals surface area (Å²) in [6.07, 6.45) is 0.960. The summed E-state index contributed by atoms with van der Waals surface area (Å²) in [6, 6.07) is 47.9. The summed E-state index contributed by atoms with van der Waals surface area (Å²) in [6.45, 7) is 0. The summed E-state index contributed by atoms with van der Waals surface area (Å²) in [4.78, 5) is 5.37. The van der Waals surface area contributed by atoms with Gasteiger partial charge in [0.25, 0.3) is 0 Å². The molecular weight excluding hydrogens is 460 g/mol. The summed E-state index contributed by atoms with van der Waals surface area (Å²) >= 11 is 0. The van der Waals surface area contributed by atoms with Crippen LogP contribution < -0.4 is 0 Å². The van der Waals surface area contributed by atoms with Gasteiger partial charge in [0, 0.05) is 5.56 Å². The molecule has 0 fully saturated rings. The Balaban J connectivity index is 1.54. The highest BCUT2D eigenvalue weighted by Gasteiger charge is 2.24. The minimum Gasteiger partial charge on any atom is -0.292 e. The SMILES string of the molecule is c1ccc(-c2cc(-c3ccccc3)n3c(nc4cc5c(cc43)-c3ccccc3C5)c2-c2ccccc2)cc1. The van der Waals surface area contributed by atoms with Crippen molar-refractivity contribution in [2.45, 2.75) is 6.42 Å². The third kappa shape index (κ3) is 3.17. The highest BCUT2D eigenvalue weighted by atomic mass is 15.0. The fourth-order valence-corrected chi connectivity index (χ4v) is 6.07. The first-order valence-electron chi connectivity index (χ1n) is 13.1. The molecule has 2 heteroatoms. The zero-order valence-corrected chi connectivity index (χ0v) is 20.8. The van der Waals surface area contributed by atoms with E-state index in [1.54, 1.807) is 0 Å². The van der Waals surface area contributed by atoms with Crippen molar-refractivity contribution in [3.63, 3.8) is 0 Å². The van der Waals surface area contributed by atoms with Crippen LogP contribution in [0.3, 0.4) is 0 Å². The maximum Gasteiger partial charge on any atom is 0.146 e. The maximum atomic E-state index is 5.37. The van der Waals surface area contributed by atoms with Gasteiger partial charge in [-0.3, -0.25) is 4.40 Å². The molecular formula is C36H24N2. The predicted octanol–water partition coefficient (Wildman–Crippen LogP) is 9.06. The van der Waals surface area contributed by atoms with Gasteiger partial charge in [-0.15, -0.1) is 0 Å². The average molecular weight is 485 g/mol. The highest BCUT2D eigenvalue weighted by molar-refractivity contribution is 6.00. The van der Waals surface area contributed by atoms with Crippen molar-refractivity contribution in [2.75, 3.05) is 0 Å². The molecule has 1 aliphatic carbocycles. The van der Waals surface area contributed by atoms with E-state index in [0.29, 0.717) is 0 Å². The smallest absolute Gasteiger partial charge is 0.146 e. The summed E-state index contributed by atoms with van der Waals surface area (Å²) < 4.78 is 2.38. The lowest BCUT2D eigenvalue weighted by Gasteiger charge is -2.17. The topological polar surface area (TPSA) is 17.3 Å². The Labute approximate surface area is 221 Å². The second-order valence-corrected chi connectivity index (χ2v) is 10.0. The fraction of sp³-hybridized carbons (Fsp3) is 0.0278. The van der Waals surface area contributed by atoms with Gasteiger partial charge in [-0.05, 0) is 69.1 Å². The van der Waals surface area contributed by atoms with E-state index in [1.165, 1.54) is 44.5 Å². The molecule has 2 aromatic heterocycles. The number of hydrogen-bond donors (Lipinski definition) is 0. The minimum absolute atomic E-state index is 0.960. The van der Waals surface area contributed by atoms with Gasteiger partial charge in [-0.1, -0.05) is 115 Å². The molecule has 178 valence electrons. The Bertz CT molecular complexity index is 1970. The van der Waals surface area contributed by atoms with Crippen LogP contribution in [0.1, 0.15) is 11.1 Å². The Hall–Kier alpha value is -4.95. The molecule has 0 aliphatic heterocycles. The van der Waals surface area contributed by atoms with Crippen LogP contribution in [0.2, 0.25) is 0 Å². The molecule has 2 nitrogen and oxygen atoms in total. The first kappa shape index (κ1) is 21.2. The van der Waals surface area contributed by atoms with Crippen molar-refractivity contribution >= 4 is 16.7 Å². The summed E-state index contributed by atoms with van der Waals surface area (Å²) in [5, 5.41) is 0. The molecule has 0 bridgehead atoms. The van der Waals surface area contributed by atoms with Crippen molar-refractivity contribution in [1.29, 1.82) is 0 Å². The van der Waals surface area contributed by atoms with Crippen molar-refractivity contribution in [2.24, 2.45) is 0 Å². The number of benzene rings is 5. The quantitative estimate of drug-likeness (QED) is 0.244. The van der Waals surface area contributed by atoms with Gasteiger partial charge in [0.15, 0.2) is 0 Å². The second kappa shape index (κ2) is 8.29. The molecule has 1 aliphatic rings. The molecule has 38 heavy (non-hydrogen) atoms. The molecule has 0 saturated carbocycles. The van der Waals surface area contributed by atoms with Crippen molar-refractivity contribution in [1.82, 2.24) is 9.38 Å². The molecule has 0 amide bonds. The van der Waals surface area contributed by atoms with Crippen LogP contribution in [0.4, 0.5) is 0 Å². The van der Waals surface area contributed by atoms with Gasteiger partial charge in [0.05, 0.1) is 16.7 Å². The fourth-order valence-electron chi connectivity index (χ4n) is 6.07. The van der Waals surface area contributed by atoms with Crippen LogP contribution >= 0.6 is 0 Å². The molecule has 5 aromatic carbocycles. The van der Waals surface area contributed by atoms with Gasteiger partial charge in [-0.25, -0.2) is 4.98 Å². The first-order valence-corrected chi connectivity index (χ1v) is 13.1. The van der Waals surface area contributed by atoms with E-state index in [0.717, 1.165) is 34.4 Å². The van der Waals surface area contributed by atoms with E-state index in [-0.39, 0.29) is 0 Å². The lowest BCUT2D eigenvalue weighted by atomic mass is 9.93. The van der Waals surface area contributed by atoms with Crippen LogP contribution in [0, 0.1) is 0 Å². The number of nitrogens with zero attached hydrogens (tertiary/aromatic N) is 2. The van der Waals surface area contributed by atoms with Gasteiger partial charge in [-0.2, -0.15) is 0 Å². The Kier molecular flexibility index (Phi) is 4.62. The molecule has 0 atom stereocenters. The minimum atomic E-state index is 0.960. The molecule has 2 heterocycles. The second-order valence-electron chi connectivity index (χ2n) is 10.0. The predicted molar refractivity (Wildman–Crippen MR) is 157 cm³/mol. The number of fused-ring (bicyclic) bond motifs is 6. The lowest BCUT2D eigenvalue weighted by molar-refractivity contribution is 1.23. The molecule has 0 unspecified atom stereocenters. The van der Waals surface area contributed by atoms with E-state index < -0.39 is 0 Å². The summed E-state index contributed by atoms with van der Waals surface area (Å²) in [7, 11) is 0. The zero-order chi connectivity index (χ0) is 25.1. The standard InChI is InChI=1S/C36H24N2/c1-4-12-24(13-5-1)31-23-33(25-14-6-2-7-15-25)38-34-22-30-28(20-27-18-10-11-19-29(27)30)21-32(34)37-36(38)35(31)26-16-8-3-9-17-26/h1-19,21-23H,20H2. The van der Waals surface area contributed by atoms with Crippen LogP contribution in [0.15, 0.2) is 133 Å². The van der Waals surface area contributed by atoms with E-state index >= 15 is 0 Å². The normalized spacial score (nSPS) is 12.1. The Morgan fingerprint density at radius 1 is 0.500 bits per heavy atom. The summed E-state index contributed by atoms with van der Waals surface area (Å²) in [5.74, 6) is 0. The summed E-state index contributed by atoms with van der Waals surface area (Å²) in [5.41, 5.74) is 15.6. The number of imidazole rings is 1. The monoisotopic (exact) mass is 484 g/mol. The molecule has 0 radical (unpaired) electrons. The van der Waals surface area contributed by atoms with Gasteiger partial charge in [0.1, 0.15) is 5.65 Å². The molecule has 7 aromatic rings. The third-order valence-electron chi connectivity index (χ3n) is 7.80. The van der Waals surface area contributed by atoms with Gasteiger partial charge in [0.2, 0.25) is 0 Å². The van der Waals surface area contributed by atoms with Crippen molar-refractivity contribution in [3.8, 4) is 44.6 Å². The zero-order valence-electron chi connectivity index (χ0n) is 20.8. The van der Waals surface area contributed by atoms with Crippen LogP contribution in [0.25, 0.3) is 61.3 Å². The highest BCUT2D eigenvalue weighted by Crippen LogP contribution is 2.43. The largest absolute Gasteiger partial charge is 0.292 e. The molecule has 0 spiro atoms. The molecule has 0 saturated heterocycles. The first-order chi connectivity index (χ1) is 18.8. The molecule has 0 N–H and O–H groups in total. The van der Waals surface area contributed by atoms with Gasteiger partial charge < -0.3 is 0 Å². The van der Waals surface area contributed by atoms with Gasteiger partial charge >= 0.3 is 0 Å². The lowest BCUT2D eigenvalue weighted by Crippen LogP contribution is -1.98. The Morgan fingerprint density at radius 2 is 1.13 bits per heavy atom. The van der Waals surface area contributed by atoms with E-state index in [1.807, 2.05) is 0 Å². The maximum absolute atomic E-state index is 5.37. The van der Waals surface area contributed by atoms with Crippen molar-refractivity contribution in [3.05, 3.63) is 145 Å². The average Bonchev–Trinajstić information content (AvgIpc) is 3.54. The van der Waals surface area contributed by atoms with E-state index in [9.17, 15) is 0 Å². The van der Waals surface area contributed by atoms with Crippen molar-refractivity contribution < 1.29 is 0 Å². The Morgan fingerprint density at radius 3 is 1.87 bits per heavy atom. The van der Waals surface area contributed by atoms with E-state index in [2.05, 4.69) is 138 Å². The van der Waals surface area contributed by atoms with E-state index in [4.69, 9.17) is 4.98 Å². The third-order valence-corrected chi connectivity index (χ3v) is 7.80. The van der Waals surface area contributed by atoms with Crippen LogP contribution in [-0.4, -0.2) is 9.38 Å². The number of aromatic nitrogens is 2. The van der Waals surface area contributed by atoms with Crippen LogP contribution in [-0.2, 0) is 6.42 Å².